The third-order valence-corrected chi connectivity index (χ3v) is 3.64. The predicted molar refractivity (Wildman–Crippen MR) is 75.1 cm³/mol. The molecule has 0 unspecified atom stereocenters. The molecule has 0 bridgehead atoms. The Kier molecular flexibility index (Phi) is 3.17. The number of aromatic nitrogens is 1. The summed E-state index contributed by atoms with van der Waals surface area (Å²) in [6.45, 7) is 3.42. The molecule has 0 saturated carbocycles. The first-order chi connectivity index (χ1) is 9.24. The maximum atomic E-state index is 12.4. The Hall–Kier alpha value is -1.94. The van der Waals surface area contributed by atoms with Crippen LogP contribution in [0.4, 0.5) is 0 Å². The van der Waals surface area contributed by atoms with Crippen LogP contribution in [0.15, 0.2) is 36.5 Å². The zero-order valence-electron chi connectivity index (χ0n) is 11.0. The van der Waals surface area contributed by atoms with Gasteiger partial charge >= 0.3 is 0 Å². The molecule has 98 valence electrons. The van der Waals surface area contributed by atoms with Crippen molar-refractivity contribution in [2.45, 2.75) is 0 Å². The highest BCUT2D eigenvalue weighted by Crippen LogP contribution is 2.15. The summed E-state index contributed by atoms with van der Waals surface area (Å²) in [5, 5.41) is 2.13. The Morgan fingerprint density at radius 1 is 1.11 bits per heavy atom. The summed E-state index contributed by atoms with van der Waals surface area (Å²) in [6.07, 6.45) is 1.78. The van der Waals surface area contributed by atoms with E-state index in [4.69, 9.17) is 0 Å². The minimum absolute atomic E-state index is 0.0406. The van der Waals surface area contributed by atoms with Crippen LogP contribution in [-0.2, 0) is 0 Å². The Morgan fingerprint density at radius 3 is 2.53 bits per heavy atom. The van der Waals surface area contributed by atoms with Crippen LogP contribution in [-0.4, -0.2) is 53.9 Å². The van der Waals surface area contributed by atoms with Crippen molar-refractivity contribution in [2.24, 2.45) is 0 Å². The van der Waals surface area contributed by atoms with Gasteiger partial charge in [-0.15, -0.1) is 0 Å². The second kappa shape index (κ2) is 4.97. The number of carbonyl (C=O) groups excluding carboxylic acids is 1. The van der Waals surface area contributed by atoms with Crippen LogP contribution in [0.2, 0.25) is 0 Å². The number of pyridine rings is 1. The van der Waals surface area contributed by atoms with Gasteiger partial charge in [0.2, 0.25) is 0 Å². The van der Waals surface area contributed by atoms with E-state index < -0.39 is 0 Å². The maximum absolute atomic E-state index is 12.4. The molecule has 0 radical (unpaired) electrons. The van der Waals surface area contributed by atoms with E-state index in [0.29, 0.717) is 5.69 Å². The predicted octanol–water partition coefficient (Wildman–Crippen LogP) is 1.62. The van der Waals surface area contributed by atoms with Crippen LogP contribution in [0, 0.1) is 0 Å². The fourth-order valence-electron chi connectivity index (χ4n) is 2.37. The average Bonchev–Trinajstić information content (AvgIpc) is 2.47. The highest BCUT2D eigenvalue weighted by Gasteiger charge is 2.21. The first kappa shape index (κ1) is 12.1. The van der Waals surface area contributed by atoms with Gasteiger partial charge in [-0.05, 0) is 18.5 Å². The van der Waals surface area contributed by atoms with Gasteiger partial charge in [-0.3, -0.25) is 9.78 Å². The van der Waals surface area contributed by atoms with E-state index in [1.807, 2.05) is 35.2 Å². The third-order valence-electron chi connectivity index (χ3n) is 3.64. The molecule has 1 amide bonds. The second-order valence-electron chi connectivity index (χ2n) is 5.01. The molecular formula is C15H17N3O. The molecule has 1 aliphatic rings. The monoisotopic (exact) mass is 255 g/mol. The molecule has 2 heterocycles. The lowest BCUT2D eigenvalue weighted by Gasteiger charge is -2.32. The number of nitrogens with zero attached hydrogens (tertiary/aromatic N) is 3. The number of hydrogen-bond acceptors (Lipinski definition) is 3. The zero-order valence-corrected chi connectivity index (χ0v) is 11.0. The van der Waals surface area contributed by atoms with E-state index in [-0.39, 0.29) is 5.91 Å². The smallest absolute Gasteiger partial charge is 0.272 e. The first-order valence-electron chi connectivity index (χ1n) is 6.57. The minimum Gasteiger partial charge on any atom is -0.335 e. The minimum atomic E-state index is 0.0406. The summed E-state index contributed by atoms with van der Waals surface area (Å²) in [4.78, 5) is 20.8. The van der Waals surface area contributed by atoms with E-state index in [1.165, 1.54) is 0 Å². The molecule has 4 heteroatoms. The molecular weight excluding hydrogens is 238 g/mol. The average molecular weight is 255 g/mol. The lowest BCUT2D eigenvalue weighted by Crippen LogP contribution is -2.47. The summed E-state index contributed by atoms with van der Waals surface area (Å²) >= 11 is 0. The van der Waals surface area contributed by atoms with Gasteiger partial charge in [0, 0.05) is 37.8 Å². The highest BCUT2D eigenvalue weighted by atomic mass is 16.2. The van der Waals surface area contributed by atoms with Crippen molar-refractivity contribution in [1.29, 1.82) is 0 Å². The van der Waals surface area contributed by atoms with Gasteiger partial charge < -0.3 is 9.80 Å². The van der Waals surface area contributed by atoms with Crippen molar-refractivity contribution in [1.82, 2.24) is 14.8 Å². The first-order valence-corrected chi connectivity index (χ1v) is 6.57. The molecule has 0 N–H and O–H groups in total. The summed E-state index contributed by atoms with van der Waals surface area (Å²) in [5.41, 5.74) is 0.545. The van der Waals surface area contributed by atoms with Gasteiger partial charge in [0.05, 0.1) is 0 Å². The van der Waals surface area contributed by atoms with Crippen molar-refractivity contribution in [3.8, 4) is 0 Å². The topological polar surface area (TPSA) is 36.4 Å². The lowest BCUT2D eigenvalue weighted by atomic mass is 10.1. The molecule has 1 fully saturated rings. The molecule has 1 aliphatic heterocycles. The Balaban J connectivity index is 1.85. The summed E-state index contributed by atoms with van der Waals surface area (Å²) < 4.78 is 0. The van der Waals surface area contributed by atoms with E-state index in [1.54, 1.807) is 6.20 Å². The maximum Gasteiger partial charge on any atom is 0.272 e. The normalized spacial score (nSPS) is 16.8. The van der Waals surface area contributed by atoms with E-state index in [9.17, 15) is 4.79 Å². The molecule has 0 aliphatic carbocycles. The van der Waals surface area contributed by atoms with Crippen LogP contribution in [0.3, 0.4) is 0 Å². The molecule has 3 rings (SSSR count). The summed E-state index contributed by atoms with van der Waals surface area (Å²) in [5.74, 6) is 0.0406. The number of amides is 1. The van der Waals surface area contributed by atoms with E-state index in [2.05, 4.69) is 16.9 Å². The second-order valence-corrected chi connectivity index (χ2v) is 5.01. The summed E-state index contributed by atoms with van der Waals surface area (Å²) in [6, 6.07) is 9.86. The number of fused-ring (bicyclic) bond motifs is 1. The van der Waals surface area contributed by atoms with Crippen LogP contribution >= 0.6 is 0 Å². The van der Waals surface area contributed by atoms with Gasteiger partial charge in [-0.25, -0.2) is 0 Å². The molecule has 4 nitrogen and oxygen atoms in total. The summed E-state index contributed by atoms with van der Waals surface area (Å²) in [7, 11) is 2.08. The standard InChI is InChI=1S/C15H17N3O/c1-17-6-8-18(9-7-17)15(19)14-10-12-4-2-3-5-13(12)11-16-14/h2-5,10-11H,6-9H2,1H3. The van der Waals surface area contributed by atoms with Gasteiger partial charge in [0.1, 0.15) is 5.69 Å². The van der Waals surface area contributed by atoms with Crippen LogP contribution in [0.25, 0.3) is 10.8 Å². The SMILES string of the molecule is CN1CCN(C(=O)c2cc3ccccc3cn2)CC1. The van der Waals surface area contributed by atoms with Crippen molar-refractivity contribution in [3.05, 3.63) is 42.2 Å². The lowest BCUT2D eigenvalue weighted by molar-refractivity contribution is 0.0658. The van der Waals surface area contributed by atoms with Crippen molar-refractivity contribution in [3.63, 3.8) is 0 Å². The Labute approximate surface area is 112 Å². The molecule has 1 aromatic carbocycles. The van der Waals surface area contributed by atoms with Gasteiger partial charge in [-0.2, -0.15) is 0 Å². The molecule has 0 spiro atoms. The molecule has 2 aromatic rings. The van der Waals surface area contributed by atoms with Crippen molar-refractivity contribution in [2.75, 3.05) is 33.2 Å². The fourth-order valence-corrected chi connectivity index (χ4v) is 2.37. The van der Waals surface area contributed by atoms with Gasteiger partial charge in [-0.1, -0.05) is 24.3 Å². The molecule has 19 heavy (non-hydrogen) atoms. The van der Waals surface area contributed by atoms with Crippen molar-refractivity contribution >= 4 is 16.7 Å². The van der Waals surface area contributed by atoms with Crippen LogP contribution in [0.5, 0.6) is 0 Å². The number of rotatable bonds is 1. The molecule has 1 aromatic heterocycles. The fraction of sp³-hybridized carbons (Fsp3) is 0.333. The van der Waals surface area contributed by atoms with Gasteiger partial charge in [0.15, 0.2) is 0 Å². The highest BCUT2D eigenvalue weighted by molar-refractivity contribution is 5.96. The van der Waals surface area contributed by atoms with E-state index >= 15 is 0 Å². The van der Waals surface area contributed by atoms with Gasteiger partial charge in [0.25, 0.3) is 5.91 Å². The largest absolute Gasteiger partial charge is 0.335 e. The van der Waals surface area contributed by atoms with Crippen LogP contribution in [0.1, 0.15) is 10.5 Å². The van der Waals surface area contributed by atoms with Crippen molar-refractivity contribution < 1.29 is 4.79 Å². The number of hydrogen-bond donors (Lipinski definition) is 0. The quantitative estimate of drug-likeness (QED) is 0.777. The molecule has 1 saturated heterocycles. The van der Waals surface area contributed by atoms with Crippen LogP contribution < -0.4 is 0 Å². The number of likely N-dealkylation sites (N-methyl/N-ethyl adjacent to an activating group) is 1. The molecule has 0 atom stereocenters. The number of benzene rings is 1. The Bertz CT molecular complexity index is 603. The number of piperazine rings is 1. The zero-order chi connectivity index (χ0) is 13.2. The van der Waals surface area contributed by atoms with E-state index in [0.717, 1.165) is 37.0 Å². The number of carbonyl (C=O) groups is 1. The Morgan fingerprint density at radius 2 is 1.79 bits per heavy atom. The third kappa shape index (κ3) is 2.44.